The summed E-state index contributed by atoms with van der Waals surface area (Å²) in [5.74, 6) is 0. The Labute approximate surface area is 138 Å². The second-order valence-electron chi connectivity index (χ2n) is 6.48. The van der Waals surface area contributed by atoms with Gasteiger partial charge in [-0.05, 0) is 37.9 Å². The first kappa shape index (κ1) is 13.5. The maximum Gasteiger partial charge on any atom is 0.170 e. The number of aromatic nitrogens is 4. The average molecular weight is 315 g/mol. The van der Waals surface area contributed by atoms with Gasteiger partial charge in [0.05, 0.1) is 16.6 Å². The molecule has 5 rings (SSSR count). The van der Waals surface area contributed by atoms with E-state index < -0.39 is 0 Å². The zero-order valence-electron chi connectivity index (χ0n) is 13.6. The van der Waals surface area contributed by atoms with E-state index in [-0.39, 0.29) is 0 Å². The summed E-state index contributed by atoms with van der Waals surface area (Å²) >= 11 is 0. The number of rotatable bonds is 2. The van der Waals surface area contributed by atoms with Crippen molar-refractivity contribution in [3.8, 4) is 0 Å². The molecule has 2 aromatic carbocycles. The predicted molar refractivity (Wildman–Crippen MR) is 96.3 cm³/mol. The van der Waals surface area contributed by atoms with Crippen LogP contribution in [0.25, 0.3) is 33.0 Å². The van der Waals surface area contributed by atoms with Crippen molar-refractivity contribution < 1.29 is 0 Å². The van der Waals surface area contributed by atoms with Gasteiger partial charge in [-0.1, -0.05) is 24.3 Å². The zero-order chi connectivity index (χ0) is 16.3. The summed E-state index contributed by atoms with van der Waals surface area (Å²) < 4.78 is 4.39. The van der Waals surface area contributed by atoms with Crippen LogP contribution in [-0.2, 0) is 6.54 Å². The minimum absolute atomic E-state index is 0.877. The van der Waals surface area contributed by atoms with Gasteiger partial charge in [0.2, 0.25) is 0 Å². The summed E-state index contributed by atoms with van der Waals surface area (Å²) in [5, 5.41) is 10.9. The van der Waals surface area contributed by atoms with E-state index >= 15 is 0 Å². The van der Waals surface area contributed by atoms with Gasteiger partial charge in [0.25, 0.3) is 0 Å². The van der Waals surface area contributed by atoms with Crippen LogP contribution in [0.4, 0.5) is 0 Å². The first-order valence-electron chi connectivity index (χ1n) is 8.02. The van der Waals surface area contributed by atoms with Crippen molar-refractivity contribution in [1.82, 2.24) is 23.9 Å². The standard InChI is InChI=1S/C19H17N5/c1-22(2)11-14-6-4-8-16-18(14)23-10-9-13-5-3-7-15(17(13)23)19-21-20-12-24(16)19/h3-10,12H,11H2,1-2H3. The van der Waals surface area contributed by atoms with Gasteiger partial charge in [-0.15, -0.1) is 10.2 Å². The Hall–Kier alpha value is -2.92. The van der Waals surface area contributed by atoms with Crippen molar-refractivity contribution in [3.05, 3.63) is 60.6 Å². The van der Waals surface area contributed by atoms with Crippen molar-refractivity contribution >= 4 is 33.0 Å². The van der Waals surface area contributed by atoms with Crippen molar-refractivity contribution in [1.29, 1.82) is 0 Å². The fourth-order valence-corrected chi connectivity index (χ4v) is 3.67. The molecule has 5 nitrogen and oxygen atoms in total. The highest BCUT2D eigenvalue weighted by Crippen LogP contribution is 2.29. The number of hydrogen-bond acceptors (Lipinski definition) is 3. The quantitative estimate of drug-likeness (QED) is 0.501. The predicted octanol–water partition coefficient (Wildman–Crippen LogP) is 3.35. The largest absolute Gasteiger partial charge is 0.313 e. The van der Waals surface area contributed by atoms with E-state index in [1.807, 2.05) is 0 Å². The van der Waals surface area contributed by atoms with E-state index in [9.17, 15) is 0 Å². The highest BCUT2D eigenvalue weighted by atomic mass is 15.2. The zero-order valence-corrected chi connectivity index (χ0v) is 13.6. The smallest absolute Gasteiger partial charge is 0.170 e. The summed E-state index contributed by atoms with van der Waals surface area (Å²) in [6.45, 7) is 0.877. The molecular formula is C19H17N5. The van der Waals surface area contributed by atoms with Crippen molar-refractivity contribution in [3.63, 3.8) is 0 Å². The molecular weight excluding hydrogens is 298 g/mol. The lowest BCUT2D eigenvalue weighted by Gasteiger charge is -2.12. The van der Waals surface area contributed by atoms with Crippen molar-refractivity contribution in [2.24, 2.45) is 0 Å². The Morgan fingerprint density at radius 2 is 1.83 bits per heavy atom. The molecule has 3 aromatic heterocycles. The molecule has 0 aliphatic rings. The van der Waals surface area contributed by atoms with E-state index in [0.717, 1.165) is 23.1 Å². The number of fused-ring (bicyclic) bond motifs is 5. The Bertz CT molecular complexity index is 1210. The van der Waals surface area contributed by atoms with Gasteiger partial charge in [0.1, 0.15) is 6.33 Å². The molecule has 0 radical (unpaired) electrons. The van der Waals surface area contributed by atoms with Crippen LogP contribution in [-0.4, -0.2) is 38.0 Å². The molecule has 0 unspecified atom stereocenters. The summed E-state index contributed by atoms with van der Waals surface area (Å²) in [6.07, 6.45) is 3.96. The second-order valence-corrected chi connectivity index (χ2v) is 6.48. The monoisotopic (exact) mass is 315 g/mol. The molecule has 5 aromatic rings. The number of benzene rings is 2. The molecule has 0 spiro atoms. The molecule has 0 saturated heterocycles. The minimum atomic E-state index is 0.877. The Kier molecular flexibility index (Phi) is 2.69. The van der Waals surface area contributed by atoms with E-state index in [1.165, 1.54) is 22.0 Å². The molecule has 0 N–H and O–H groups in total. The van der Waals surface area contributed by atoms with Gasteiger partial charge < -0.3 is 9.30 Å². The minimum Gasteiger partial charge on any atom is -0.313 e. The summed E-state index contributed by atoms with van der Waals surface area (Å²) in [7, 11) is 4.19. The number of hydrogen-bond donors (Lipinski definition) is 0. The first-order valence-corrected chi connectivity index (χ1v) is 8.02. The summed E-state index contributed by atoms with van der Waals surface area (Å²) in [5.41, 5.74) is 5.68. The second kappa shape index (κ2) is 4.79. The SMILES string of the molecule is CN(C)Cc1cccc2c1n1ccc3cccc(c4nncn24)c31. The molecule has 0 aliphatic carbocycles. The van der Waals surface area contributed by atoms with Crippen molar-refractivity contribution in [2.45, 2.75) is 6.54 Å². The molecule has 0 atom stereocenters. The molecule has 24 heavy (non-hydrogen) atoms. The van der Waals surface area contributed by atoms with E-state index in [0.29, 0.717) is 0 Å². The van der Waals surface area contributed by atoms with Crippen LogP contribution in [0.5, 0.6) is 0 Å². The van der Waals surface area contributed by atoms with Crippen LogP contribution < -0.4 is 0 Å². The van der Waals surface area contributed by atoms with Crippen LogP contribution in [0.3, 0.4) is 0 Å². The van der Waals surface area contributed by atoms with E-state index in [4.69, 9.17) is 0 Å². The molecule has 0 aliphatic heterocycles. The van der Waals surface area contributed by atoms with E-state index in [2.05, 4.69) is 86.7 Å². The fraction of sp³-hybridized carbons (Fsp3) is 0.158. The summed E-state index contributed by atoms with van der Waals surface area (Å²) in [4.78, 5) is 2.19. The topological polar surface area (TPSA) is 37.8 Å². The third-order valence-corrected chi connectivity index (χ3v) is 4.59. The lowest BCUT2D eigenvalue weighted by molar-refractivity contribution is 0.404. The van der Waals surface area contributed by atoms with Gasteiger partial charge >= 0.3 is 0 Å². The fourth-order valence-electron chi connectivity index (χ4n) is 3.67. The third-order valence-electron chi connectivity index (χ3n) is 4.59. The lowest BCUT2D eigenvalue weighted by Crippen LogP contribution is -2.11. The summed E-state index contributed by atoms with van der Waals surface area (Å²) in [6, 6.07) is 15.0. The van der Waals surface area contributed by atoms with Gasteiger partial charge in [0, 0.05) is 23.5 Å². The molecule has 3 heterocycles. The third kappa shape index (κ3) is 1.73. The van der Waals surface area contributed by atoms with E-state index in [1.54, 1.807) is 6.33 Å². The molecule has 0 bridgehead atoms. The van der Waals surface area contributed by atoms with Crippen molar-refractivity contribution in [2.75, 3.05) is 14.1 Å². The van der Waals surface area contributed by atoms with Crippen LogP contribution >= 0.6 is 0 Å². The molecule has 118 valence electrons. The molecule has 5 heteroatoms. The van der Waals surface area contributed by atoms with Crippen LogP contribution in [0.2, 0.25) is 0 Å². The number of para-hydroxylation sites is 2. The van der Waals surface area contributed by atoms with Crippen LogP contribution in [0, 0.1) is 0 Å². The Morgan fingerprint density at radius 1 is 0.958 bits per heavy atom. The van der Waals surface area contributed by atoms with Gasteiger partial charge in [0.15, 0.2) is 5.65 Å². The molecule has 0 amide bonds. The Morgan fingerprint density at radius 3 is 2.71 bits per heavy atom. The maximum absolute atomic E-state index is 4.40. The van der Waals surface area contributed by atoms with Gasteiger partial charge in [-0.3, -0.25) is 4.40 Å². The molecule has 0 fully saturated rings. The van der Waals surface area contributed by atoms with Crippen LogP contribution in [0.1, 0.15) is 5.56 Å². The Balaban J connectivity index is 2.15. The number of nitrogens with zero attached hydrogens (tertiary/aromatic N) is 5. The normalized spacial score (nSPS) is 12.3. The van der Waals surface area contributed by atoms with Gasteiger partial charge in [-0.2, -0.15) is 0 Å². The highest BCUT2D eigenvalue weighted by Gasteiger charge is 2.14. The lowest BCUT2D eigenvalue weighted by atomic mass is 10.1. The molecule has 0 saturated carbocycles. The van der Waals surface area contributed by atoms with Gasteiger partial charge in [-0.25, -0.2) is 0 Å². The highest BCUT2D eigenvalue weighted by molar-refractivity contribution is 6.05. The average Bonchev–Trinajstić information content (AvgIpc) is 3.18. The maximum atomic E-state index is 4.40. The first-order chi connectivity index (χ1) is 11.7. The van der Waals surface area contributed by atoms with Crippen LogP contribution in [0.15, 0.2) is 55.0 Å².